The third-order valence-electron chi connectivity index (χ3n) is 5.56. The molecule has 1 aliphatic rings. The number of hydrogen-bond acceptors (Lipinski definition) is 3. The zero-order valence-corrected chi connectivity index (χ0v) is 16.8. The molecule has 29 heavy (non-hydrogen) atoms. The number of rotatable bonds is 4. The van der Waals surface area contributed by atoms with Gasteiger partial charge < -0.3 is 20.1 Å². The maximum atomic E-state index is 13.4. The summed E-state index contributed by atoms with van der Waals surface area (Å²) < 4.78 is 0. The van der Waals surface area contributed by atoms with Crippen molar-refractivity contribution in [2.75, 3.05) is 25.0 Å². The van der Waals surface area contributed by atoms with Crippen molar-refractivity contribution in [2.45, 2.75) is 25.9 Å². The zero-order valence-electron chi connectivity index (χ0n) is 16.8. The number of fused-ring (bicyclic) bond motifs is 2. The highest BCUT2D eigenvalue weighted by Crippen LogP contribution is 2.25. The van der Waals surface area contributed by atoms with E-state index in [4.69, 9.17) is 0 Å². The molecule has 150 valence electrons. The zero-order chi connectivity index (χ0) is 20.4. The molecule has 1 aromatic heterocycles. The minimum Gasteiger partial charge on any atom is -0.373 e. The van der Waals surface area contributed by atoms with Crippen molar-refractivity contribution in [3.63, 3.8) is 0 Å². The average molecular weight is 390 g/mol. The van der Waals surface area contributed by atoms with E-state index in [1.165, 1.54) is 6.92 Å². The Morgan fingerprint density at radius 1 is 1.10 bits per heavy atom. The molecule has 0 fully saturated rings. The molecule has 4 rings (SSSR count). The van der Waals surface area contributed by atoms with E-state index in [1.54, 1.807) is 0 Å². The minimum atomic E-state index is -0.595. The molecular formula is C23H26N4O2. The number of likely N-dealkylation sites (N-methyl/N-ethyl adjacent to an activating group) is 1. The number of aromatic nitrogens is 1. The molecule has 3 aromatic rings. The van der Waals surface area contributed by atoms with Crippen LogP contribution in [0.4, 0.5) is 5.69 Å². The Hall–Kier alpha value is -3.28. The van der Waals surface area contributed by atoms with Gasteiger partial charge in [-0.05, 0) is 23.3 Å². The highest BCUT2D eigenvalue weighted by atomic mass is 16.2. The molecule has 0 saturated carbocycles. The molecule has 0 bridgehead atoms. The maximum absolute atomic E-state index is 13.4. The summed E-state index contributed by atoms with van der Waals surface area (Å²) in [6, 6.07) is 15.6. The summed E-state index contributed by atoms with van der Waals surface area (Å²) >= 11 is 0. The van der Waals surface area contributed by atoms with Crippen LogP contribution in [-0.4, -0.2) is 47.9 Å². The summed E-state index contributed by atoms with van der Waals surface area (Å²) in [5.41, 5.74) is 4.33. The van der Waals surface area contributed by atoms with Crippen LogP contribution in [0.3, 0.4) is 0 Å². The second-order valence-electron chi connectivity index (χ2n) is 7.63. The number of carbonyl (C=O) groups excluding carboxylic acids is 2. The Bertz CT molecular complexity index is 1040. The molecule has 1 atom stereocenters. The largest absolute Gasteiger partial charge is 0.373 e. The van der Waals surface area contributed by atoms with Gasteiger partial charge in [0.2, 0.25) is 11.8 Å². The van der Waals surface area contributed by atoms with Gasteiger partial charge in [0, 0.05) is 62.8 Å². The van der Waals surface area contributed by atoms with Crippen molar-refractivity contribution < 1.29 is 9.59 Å². The van der Waals surface area contributed by atoms with Gasteiger partial charge in [0.05, 0.1) is 0 Å². The van der Waals surface area contributed by atoms with Crippen LogP contribution in [-0.2, 0) is 22.6 Å². The second-order valence-corrected chi connectivity index (χ2v) is 7.63. The number of nitrogens with one attached hydrogen (secondary N) is 2. The average Bonchev–Trinajstić information content (AvgIpc) is 3.04. The Kier molecular flexibility index (Phi) is 5.25. The molecule has 2 aromatic carbocycles. The Labute approximate surface area is 170 Å². The topological polar surface area (TPSA) is 68.4 Å². The van der Waals surface area contributed by atoms with Crippen molar-refractivity contribution in [3.8, 4) is 0 Å². The lowest BCUT2D eigenvalue weighted by Crippen LogP contribution is -2.49. The summed E-state index contributed by atoms with van der Waals surface area (Å²) in [5, 5.41) is 3.96. The molecule has 1 aliphatic heterocycles. The van der Waals surface area contributed by atoms with E-state index in [2.05, 4.69) is 27.3 Å². The summed E-state index contributed by atoms with van der Waals surface area (Å²) in [7, 11) is 2.05. The van der Waals surface area contributed by atoms with Crippen molar-refractivity contribution >= 4 is 28.4 Å². The molecule has 2 N–H and O–H groups in total. The van der Waals surface area contributed by atoms with E-state index in [0.29, 0.717) is 19.5 Å². The third-order valence-corrected chi connectivity index (χ3v) is 5.56. The van der Waals surface area contributed by atoms with E-state index in [-0.39, 0.29) is 11.8 Å². The quantitative estimate of drug-likeness (QED) is 0.720. The van der Waals surface area contributed by atoms with E-state index in [1.807, 2.05) is 54.5 Å². The summed E-state index contributed by atoms with van der Waals surface area (Å²) in [5.74, 6) is -0.244. The Balaban J connectivity index is 1.60. The van der Waals surface area contributed by atoms with Crippen molar-refractivity contribution in [1.29, 1.82) is 0 Å². The fraction of sp³-hybridized carbons (Fsp3) is 0.304. The van der Waals surface area contributed by atoms with Gasteiger partial charge in [-0.15, -0.1) is 0 Å². The number of carbonyl (C=O) groups is 2. The number of aromatic amines is 1. The number of benzene rings is 2. The predicted molar refractivity (Wildman–Crippen MR) is 115 cm³/mol. The van der Waals surface area contributed by atoms with Gasteiger partial charge in [-0.3, -0.25) is 9.59 Å². The van der Waals surface area contributed by atoms with Crippen LogP contribution in [0.5, 0.6) is 0 Å². The molecule has 0 radical (unpaired) electrons. The van der Waals surface area contributed by atoms with Gasteiger partial charge in [0.1, 0.15) is 6.04 Å². The van der Waals surface area contributed by atoms with Gasteiger partial charge in [0.25, 0.3) is 0 Å². The van der Waals surface area contributed by atoms with E-state index in [0.717, 1.165) is 34.3 Å². The van der Waals surface area contributed by atoms with Crippen molar-refractivity contribution in [2.24, 2.45) is 0 Å². The molecule has 0 aliphatic carbocycles. The second kappa shape index (κ2) is 7.99. The highest BCUT2D eigenvalue weighted by molar-refractivity contribution is 5.89. The van der Waals surface area contributed by atoms with Crippen LogP contribution in [0, 0.1) is 0 Å². The van der Waals surface area contributed by atoms with Crippen LogP contribution in [0.1, 0.15) is 18.1 Å². The number of para-hydroxylation sites is 2. The monoisotopic (exact) mass is 390 g/mol. The number of H-pyrrole nitrogens is 1. The van der Waals surface area contributed by atoms with Crippen molar-refractivity contribution in [3.05, 3.63) is 65.9 Å². The molecule has 2 amide bonds. The van der Waals surface area contributed by atoms with Gasteiger partial charge in [0.15, 0.2) is 0 Å². The third kappa shape index (κ3) is 3.97. The Morgan fingerprint density at radius 2 is 1.86 bits per heavy atom. The maximum Gasteiger partial charge on any atom is 0.245 e. The summed E-state index contributed by atoms with van der Waals surface area (Å²) in [6.07, 6.45) is 2.38. The number of anilines is 1. The first kappa shape index (κ1) is 19.1. The summed E-state index contributed by atoms with van der Waals surface area (Å²) in [6.45, 7) is 3.38. The lowest BCUT2D eigenvalue weighted by molar-refractivity contribution is -0.136. The fourth-order valence-corrected chi connectivity index (χ4v) is 4.07. The van der Waals surface area contributed by atoms with Crippen LogP contribution < -0.4 is 10.2 Å². The van der Waals surface area contributed by atoms with Crippen LogP contribution in [0.15, 0.2) is 54.7 Å². The highest BCUT2D eigenvalue weighted by Gasteiger charge is 2.28. The van der Waals surface area contributed by atoms with E-state index in [9.17, 15) is 9.59 Å². The fourth-order valence-electron chi connectivity index (χ4n) is 4.07. The van der Waals surface area contributed by atoms with Crippen LogP contribution in [0.25, 0.3) is 10.9 Å². The molecule has 6 heteroatoms. The Morgan fingerprint density at radius 3 is 2.69 bits per heavy atom. The van der Waals surface area contributed by atoms with Gasteiger partial charge >= 0.3 is 0 Å². The molecule has 1 unspecified atom stereocenters. The molecule has 2 heterocycles. The SMILES string of the molecule is CC(=O)NC(Cc1c[nH]c2ccccc12)C(=O)N1CCN(C)c2ccccc2C1. The normalized spacial score (nSPS) is 15.0. The lowest BCUT2D eigenvalue weighted by atomic mass is 10.0. The molecule has 0 saturated heterocycles. The molecule has 0 spiro atoms. The van der Waals surface area contributed by atoms with Gasteiger partial charge in [-0.2, -0.15) is 0 Å². The lowest BCUT2D eigenvalue weighted by Gasteiger charge is -2.27. The van der Waals surface area contributed by atoms with E-state index < -0.39 is 6.04 Å². The first-order chi connectivity index (χ1) is 14.0. The first-order valence-electron chi connectivity index (χ1n) is 9.93. The van der Waals surface area contributed by atoms with Crippen LogP contribution >= 0.6 is 0 Å². The molecule has 6 nitrogen and oxygen atoms in total. The number of amides is 2. The predicted octanol–water partition coefficient (Wildman–Crippen LogP) is 2.69. The van der Waals surface area contributed by atoms with Gasteiger partial charge in [-0.1, -0.05) is 36.4 Å². The van der Waals surface area contributed by atoms with Crippen molar-refractivity contribution in [1.82, 2.24) is 15.2 Å². The minimum absolute atomic E-state index is 0.0458. The molecular weight excluding hydrogens is 364 g/mol. The van der Waals surface area contributed by atoms with Gasteiger partial charge in [-0.25, -0.2) is 0 Å². The van der Waals surface area contributed by atoms with Crippen LogP contribution in [0.2, 0.25) is 0 Å². The standard InChI is InChI=1S/C23H26N4O2/c1-16(28)25-21(13-18-14-24-20-9-5-4-8-19(18)20)23(29)27-12-11-26(2)22-10-6-3-7-17(22)15-27/h3-10,14,21,24H,11-13,15H2,1-2H3,(H,25,28). The number of nitrogens with zero attached hydrogens (tertiary/aromatic N) is 2. The van der Waals surface area contributed by atoms with E-state index >= 15 is 0 Å². The smallest absolute Gasteiger partial charge is 0.245 e. The first-order valence-corrected chi connectivity index (χ1v) is 9.93. The number of hydrogen-bond donors (Lipinski definition) is 2. The summed E-state index contributed by atoms with van der Waals surface area (Å²) in [4.78, 5) is 32.6.